The van der Waals surface area contributed by atoms with Crippen LogP contribution in [0.15, 0.2) is 60.8 Å². The number of likely N-dealkylation sites (N-methyl/N-ethyl adjacent to an activating group) is 1. The molecule has 0 saturated heterocycles. The Morgan fingerprint density at radius 3 is 2.47 bits per heavy atom. The van der Waals surface area contributed by atoms with Crippen molar-refractivity contribution in [2.45, 2.75) is 12.6 Å². The van der Waals surface area contributed by atoms with Gasteiger partial charge < -0.3 is 30.7 Å². The Labute approximate surface area is 187 Å². The monoisotopic (exact) mass is 436 g/mol. The van der Waals surface area contributed by atoms with Gasteiger partial charge in [0.2, 0.25) is 12.4 Å². The standard InChI is InChI=1S/C23H28N6O3/c1-29(2)14-20(31)15-32-21-10-8-19(9-11-21)27-23-25-13-17(12-24-16-30)22(28-23)26-18-6-4-3-5-7-18/h3-11,13,16,20,31H,12,14-15H2,1-2H3,(H,24,30)(H2,25,26,27,28). The molecule has 168 valence electrons. The molecule has 9 nitrogen and oxygen atoms in total. The SMILES string of the molecule is CN(C)CC(O)COc1ccc(Nc2ncc(CNC=O)c(Nc3ccccc3)n2)cc1. The van der Waals surface area contributed by atoms with E-state index in [-0.39, 0.29) is 6.61 Å². The fourth-order valence-electron chi connectivity index (χ4n) is 2.94. The number of hydrogen-bond donors (Lipinski definition) is 4. The van der Waals surface area contributed by atoms with Crippen molar-refractivity contribution in [1.82, 2.24) is 20.2 Å². The number of nitrogens with zero attached hydrogens (tertiary/aromatic N) is 3. The molecule has 1 heterocycles. The summed E-state index contributed by atoms with van der Waals surface area (Å²) in [7, 11) is 3.80. The predicted molar refractivity (Wildman–Crippen MR) is 124 cm³/mol. The van der Waals surface area contributed by atoms with Crippen LogP contribution in [0.1, 0.15) is 5.56 Å². The minimum Gasteiger partial charge on any atom is -0.491 e. The van der Waals surface area contributed by atoms with Gasteiger partial charge in [-0.2, -0.15) is 4.98 Å². The lowest BCUT2D eigenvalue weighted by atomic mass is 10.2. The van der Waals surface area contributed by atoms with Gasteiger partial charge in [-0.15, -0.1) is 0 Å². The number of nitrogens with one attached hydrogen (secondary N) is 3. The summed E-state index contributed by atoms with van der Waals surface area (Å²) in [5, 5.41) is 19.0. The third kappa shape index (κ3) is 7.22. The second-order valence-electron chi connectivity index (χ2n) is 7.43. The molecule has 1 unspecified atom stereocenters. The van der Waals surface area contributed by atoms with Crippen LogP contribution in [0.3, 0.4) is 0 Å². The Kier molecular flexibility index (Phi) is 8.36. The first-order valence-electron chi connectivity index (χ1n) is 10.2. The summed E-state index contributed by atoms with van der Waals surface area (Å²) in [5.41, 5.74) is 2.42. The predicted octanol–water partition coefficient (Wildman–Crippen LogP) is 2.51. The van der Waals surface area contributed by atoms with Crippen LogP contribution in [-0.4, -0.2) is 59.7 Å². The molecule has 0 bridgehead atoms. The number of hydrogen-bond acceptors (Lipinski definition) is 8. The normalized spacial score (nSPS) is 11.6. The highest BCUT2D eigenvalue weighted by atomic mass is 16.5. The summed E-state index contributed by atoms with van der Waals surface area (Å²) in [6.07, 6.45) is 1.75. The van der Waals surface area contributed by atoms with E-state index >= 15 is 0 Å². The molecular weight excluding hydrogens is 408 g/mol. The lowest BCUT2D eigenvalue weighted by molar-refractivity contribution is -0.109. The summed E-state index contributed by atoms with van der Waals surface area (Å²) in [6.45, 7) is 1.07. The van der Waals surface area contributed by atoms with Gasteiger partial charge in [-0.1, -0.05) is 18.2 Å². The molecule has 0 radical (unpaired) electrons. The first-order chi connectivity index (χ1) is 15.5. The maximum absolute atomic E-state index is 10.7. The van der Waals surface area contributed by atoms with Gasteiger partial charge in [-0.25, -0.2) is 4.98 Å². The zero-order chi connectivity index (χ0) is 22.8. The summed E-state index contributed by atoms with van der Waals surface area (Å²) >= 11 is 0. The number of carbonyl (C=O) groups excluding carboxylic acids is 1. The zero-order valence-electron chi connectivity index (χ0n) is 18.2. The highest BCUT2D eigenvalue weighted by molar-refractivity contribution is 5.63. The quantitative estimate of drug-likeness (QED) is 0.321. The number of amides is 1. The number of benzene rings is 2. The van der Waals surface area contributed by atoms with Crippen molar-refractivity contribution in [3.8, 4) is 5.75 Å². The lowest BCUT2D eigenvalue weighted by Gasteiger charge is -2.16. The van der Waals surface area contributed by atoms with Crippen LogP contribution in [0.4, 0.5) is 23.1 Å². The van der Waals surface area contributed by atoms with Gasteiger partial charge >= 0.3 is 0 Å². The highest BCUT2D eigenvalue weighted by Crippen LogP contribution is 2.22. The van der Waals surface area contributed by atoms with Gasteiger partial charge in [0.05, 0.1) is 0 Å². The molecule has 0 aliphatic heterocycles. The number of anilines is 4. The van der Waals surface area contributed by atoms with Gasteiger partial charge in [0.25, 0.3) is 0 Å². The smallest absolute Gasteiger partial charge is 0.229 e. The molecule has 1 aromatic heterocycles. The highest BCUT2D eigenvalue weighted by Gasteiger charge is 2.09. The Morgan fingerprint density at radius 1 is 1.06 bits per heavy atom. The van der Waals surface area contributed by atoms with Crippen molar-refractivity contribution in [3.63, 3.8) is 0 Å². The molecule has 9 heteroatoms. The van der Waals surface area contributed by atoms with Crippen molar-refractivity contribution in [3.05, 3.63) is 66.4 Å². The van der Waals surface area contributed by atoms with E-state index in [9.17, 15) is 9.90 Å². The molecule has 0 spiro atoms. The maximum Gasteiger partial charge on any atom is 0.229 e. The van der Waals surface area contributed by atoms with E-state index in [2.05, 4.69) is 25.9 Å². The molecule has 4 N–H and O–H groups in total. The minimum absolute atomic E-state index is 0.221. The van der Waals surface area contributed by atoms with E-state index in [1.54, 1.807) is 6.20 Å². The van der Waals surface area contributed by atoms with Gasteiger partial charge in [-0.3, -0.25) is 4.79 Å². The van der Waals surface area contributed by atoms with Crippen LogP contribution in [0.2, 0.25) is 0 Å². The first kappa shape index (κ1) is 23.0. The van der Waals surface area contributed by atoms with E-state index in [0.717, 1.165) is 16.9 Å². The molecule has 32 heavy (non-hydrogen) atoms. The van der Waals surface area contributed by atoms with Crippen molar-refractivity contribution >= 4 is 29.6 Å². The van der Waals surface area contributed by atoms with Crippen molar-refractivity contribution in [1.29, 1.82) is 0 Å². The number of carbonyl (C=O) groups is 1. The van der Waals surface area contributed by atoms with Crippen LogP contribution in [0.5, 0.6) is 5.75 Å². The first-order valence-corrected chi connectivity index (χ1v) is 10.2. The van der Waals surface area contributed by atoms with Crippen LogP contribution in [-0.2, 0) is 11.3 Å². The second kappa shape index (κ2) is 11.6. The van der Waals surface area contributed by atoms with E-state index < -0.39 is 6.10 Å². The fourth-order valence-corrected chi connectivity index (χ4v) is 2.94. The van der Waals surface area contributed by atoms with Crippen LogP contribution < -0.4 is 20.7 Å². The van der Waals surface area contributed by atoms with Gasteiger partial charge in [0, 0.05) is 36.2 Å². The Hall–Kier alpha value is -3.69. The zero-order valence-corrected chi connectivity index (χ0v) is 18.2. The summed E-state index contributed by atoms with van der Waals surface area (Å²) in [4.78, 5) is 21.5. The van der Waals surface area contributed by atoms with Crippen LogP contribution in [0.25, 0.3) is 0 Å². The Bertz CT molecular complexity index is 983. The molecule has 1 amide bonds. The van der Waals surface area contributed by atoms with E-state index in [4.69, 9.17) is 4.74 Å². The number of aliphatic hydroxyl groups is 1. The summed E-state index contributed by atoms with van der Waals surface area (Å²) < 4.78 is 5.63. The average Bonchev–Trinajstić information content (AvgIpc) is 2.78. The molecule has 0 saturated carbocycles. The van der Waals surface area contributed by atoms with E-state index in [0.29, 0.717) is 37.0 Å². The molecule has 3 rings (SSSR count). The van der Waals surface area contributed by atoms with Crippen molar-refractivity contribution in [2.75, 3.05) is 37.9 Å². The second-order valence-corrected chi connectivity index (χ2v) is 7.43. The molecule has 3 aromatic rings. The number of rotatable bonds is 12. The largest absolute Gasteiger partial charge is 0.491 e. The fraction of sp³-hybridized carbons (Fsp3) is 0.261. The van der Waals surface area contributed by atoms with Crippen LogP contribution >= 0.6 is 0 Å². The average molecular weight is 437 g/mol. The molecule has 0 aliphatic rings. The van der Waals surface area contributed by atoms with E-state index in [1.165, 1.54) is 0 Å². The van der Waals surface area contributed by atoms with Crippen molar-refractivity contribution < 1.29 is 14.6 Å². The Balaban J connectivity index is 1.67. The number of aromatic nitrogens is 2. The van der Waals surface area contributed by atoms with Gasteiger partial charge in [0.15, 0.2) is 0 Å². The topological polar surface area (TPSA) is 112 Å². The summed E-state index contributed by atoms with van der Waals surface area (Å²) in [6, 6.07) is 17.0. The van der Waals surface area contributed by atoms with Gasteiger partial charge in [-0.05, 0) is 50.5 Å². The van der Waals surface area contributed by atoms with E-state index in [1.807, 2.05) is 73.6 Å². The molecule has 0 aliphatic carbocycles. The Morgan fingerprint density at radius 2 is 1.78 bits per heavy atom. The van der Waals surface area contributed by atoms with Gasteiger partial charge in [0.1, 0.15) is 24.3 Å². The molecule has 0 fully saturated rings. The third-order valence-corrected chi connectivity index (χ3v) is 4.41. The molecule has 1 atom stereocenters. The summed E-state index contributed by atoms with van der Waals surface area (Å²) in [5.74, 6) is 1.67. The van der Waals surface area contributed by atoms with Crippen molar-refractivity contribution in [2.24, 2.45) is 0 Å². The number of aliphatic hydroxyl groups excluding tert-OH is 1. The minimum atomic E-state index is -0.557. The maximum atomic E-state index is 10.7. The number of ether oxygens (including phenoxy) is 1. The number of para-hydroxylation sites is 1. The lowest BCUT2D eigenvalue weighted by Crippen LogP contribution is -2.30. The molecule has 2 aromatic carbocycles. The van der Waals surface area contributed by atoms with Crippen LogP contribution in [0, 0.1) is 0 Å². The molecular formula is C23H28N6O3. The third-order valence-electron chi connectivity index (χ3n) is 4.41.